The lowest BCUT2D eigenvalue weighted by molar-refractivity contribution is -0.124. The second kappa shape index (κ2) is 8.53. The van der Waals surface area contributed by atoms with E-state index in [0.717, 1.165) is 19.5 Å². The van der Waals surface area contributed by atoms with Gasteiger partial charge in [-0.1, -0.05) is 37.3 Å². The van der Waals surface area contributed by atoms with Crippen molar-refractivity contribution in [3.8, 4) is 0 Å². The van der Waals surface area contributed by atoms with Crippen molar-refractivity contribution in [1.29, 1.82) is 0 Å². The van der Waals surface area contributed by atoms with E-state index in [2.05, 4.69) is 66.2 Å². The van der Waals surface area contributed by atoms with Gasteiger partial charge in [-0.05, 0) is 64.6 Å². The molecule has 0 aromatic heterocycles. The third-order valence-electron chi connectivity index (χ3n) is 6.21. The minimum atomic E-state index is -0.112. The first-order valence-electron chi connectivity index (χ1n) is 10.3. The highest BCUT2D eigenvalue weighted by atomic mass is 16.2. The molecule has 2 fully saturated rings. The first-order valence-corrected chi connectivity index (χ1v) is 10.3. The van der Waals surface area contributed by atoms with Crippen LogP contribution in [-0.4, -0.2) is 53.0 Å². The molecule has 26 heavy (non-hydrogen) atoms. The first kappa shape index (κ1) is 19.4. The van der Waals surface area contributed by atoms with Crippen LogP contribution in [0.5, 0.6) is 0 Å². The minimum Gasteiger partial charge on any atom is -0.350 e. The third-order valence-corrected chi connectivity index (χ3v) is 6.21. The molecular weight excluding hydrogens is 322 g/mol. The van der Waals surface area contributed by atoms with Gasteiger partial charge in [-0.15, -0.1) is 0 Å². The van der Waals surface area contributed by atoms with Crippen LogP contribution in [0.25, 0.3) is 0 Å². The zero-order valence-electron chi connectivity index (χ0n) is 16.7. The highest BCUT2D eigenvalue weighted by molar-refractivity contribution is 5.78. The second-order valence-electron chi connectivity index (χ2n) is 8.63. The van der Waals surface area contributed by atoms with Crippen molar-refractivity contribution in [3.05, 3.63) is 35.9 Å². The number of carbonyl (C=O) groups excluding carboxylic acids is 1. The Morgan fingerprint density at radius 1 is 1.08 bits per heavy atom. The summed E-state index contributed by atoms with van der Waals surface area (Å²) in [6, 6.07) is 11.9. The molecular formula is C22H35N3O. The molecule has 2 heterocycles. The number of rotatable bonds is 7. The molecule has 0 spiro atoms. The molecule has 2 unspecified atom stereocenters. The standard InChI is InChI=1S/C22H35N3O/c1-4-22(2,3)23-21(26)17-25-15-9-13-20(25)19-12-8-14-24(19)16-18-10-6-5-7-11-18/h5-7,10-11,19-20H,4,8-9,12-17H2,1-3H3,(H,23,26). The van der Waals surface area contributed by atoms with E-state index >= 15 is 0 Å². The topological polar surface area (TPSA) is 35.6 Å². The average Bonchev–Trinajstić information content (AvgIpc) is 3.24. The van der Waals surface area contributed by atoms with Crippen LogP contribution in [0, 0.1) is 0 Å². The molecule has 0 saturated carbocycles. The normalized spacial score (nSPS) is 24.9. The van der Waals surface area contributed by atoms with Gasteiger partial charge >= 0.3 is 0 Å². The van der Waals surface area contributed by atoms with E-state index in [1.807, 2.05) is 0 Å². The molecule has 0 radical (unpaired) electrons. The summed E-state index contributed by atoms with van der Waals surface area (Å²) in [5.41, 5.74) is 1.28. The Labute approximate surface area is 158 Å². The van der Waals surface area contributed by atoms with Crippen LogP contribution in [0.3, 0.4) is 0 Å². The molecule has 144 valence electrons. The number of amides is 1. The van der Waals surface area contributed by atoms with Crippen LogP contribution in [0.4, 0.5) is 0 Å². The van der Waals surface area contributed by atoms with Crippen molar-refractivity contribution in [3.63, 3.8) is 0 Å². The van der Waals surface area contributed by atoms with Crippen LogP contribution < -0.4 is 5.32 Å². The maximum Gasteiger partial charge on any atom is 0.234 e. The van der Waals surface area contributed by atoms with Gasteiger partial charge in [-0.3, -0.25) is 14.6 Å². The first-order chi connectivity index (χ1) is 12.5. The van der Waals surface area contributed by atoms with E-state index in [-0.39, 0.29) is 11.4 Å². The van der Waals surface area contributed by atoms with Gasteiger partial charge in [0.1, 0.15) is 0 Å². The molecule has 0 bridgehead atoms. The Kier molecular flexibility index (Phi) is 6.36. The fourth-order valence-electron chi connectivity index (χ4n) is 4.48. The smallest absolute Gasteiger partial charge is 0.234 e. The van der Waals surface area contributed by atoms with Crippen LogP contribution in [-0.2, 0) is 11.3 Å². The van der Waals surface area contributed by atoms with Gasteiger partial charge in [0, 0.05) is 24.2 Å². The van der Waals surface area contributed by atoms with E-state index in [1.54, 1.807) is 0 Å². The highest BCUT2D eigenvalue weighted by Crippen LogP contribution is 2.31. The molecule has 2 saturated heterocycles. The number of nitrogens with zero attached hydrogens (tertiary/aromatic N) is 2. The van der Waals surface area contributed by atoms with E-state index in [1.165, 1.54) is 37.8 Å². The molecule has 0 aliphatic carbocycles. The molecule has 1 N–H and O–H groups in total. The molecule has 4 nitrogen and oxygen atoms in total. The third kappa shape index (κ3) is 4.86. The van der Waals surface area contributed by atoms with Crippen molar-refractivity contribution < 1.29 is 4.79 Å². The second-order valence-corrected chi connectivity index (χ2v) is 8.63. The maximum atomic E-state index is 12.5. The summed E-state index contributed by atoms with van der Waals surface area (Å²) < 4.78 is 0. The Morgan fingerprint density at radius 2 is 1.69 bits per heavy atom. The summed E-state index contributed by atoms with van der Waals surface area (Å²) >= 11 is 0. The van der Waals surface area contributed by atoms with Crippen LogP contribution >= 0.6 is 0 Å². The molecule has 2 aliphatic rings. The Morgan fingerprint density at radius 3 is 2.35 bits per heavy atom. The molecule has 1 amide bonds. The quantitative estimate of drug-likeness (QED) is 0.812. The van der Waals surface area contributed by atoms with E-state index in [9.17, 15) is 4.79 Å². The summed E-state index contributed by atoms with van der Waals surface area (Å²) in [6.45, 7) is 10.1. The SMILES string of the molecule is CCC(C)(C)NC(=O)CN1CCCC1C1CCCN1Cc1ccccc1. The molecule has 1 aromatic rings. The lowest BCUT2D eigenvalue weighted by Gasteiger charge is -2.35. The number of hydrogen-bond donors (Lipinski definition) is 1. The fraction of sp³-hybridized carbons (Fsp3) is 0.682. The van der Waals surface area contributed by atoms with Crippen molar-refractivity contribution in [2.24, 2.45) is 0 Å². The van der Waals surface area contributed by atoms with Crippen LogP contribution in [0.1, 0.15) is 58.4 Å². The Hall–Kier alpha value is -1.39. The van der Waals surface area contributed by atoms with E-state index < -0.39 is 0 Å². The van der Waals surface area contributed by atoms with Crippen molar-refractivity contribution in [2.45, 2.75) is 77.0 Å². The van der Waals surface area contributed by atoms with Crippen molar-refractivity contribution >= 4 is 5.91 Å². The fourth-order valence-corrected chi connectivity index (χ4v) is 4.48. The monoisotopic (exact) mass is 357 g/mol. The molecule has 4 heteroatoms. The number of hydrogen-bond acceptors (Lipinski definition) is 3. The minimum absolute atomic E-state index is 0.112. The lowest BCUT2D eigenvalue weighted by atomic mass is 10.0. The molecule has 2 aliphatic heterocycles. The van der Waals surface area contributed by atoms with Gasteiger partial charge in [0.2, 0.25) is 5.91 Å². The molecule has 1 aromatic carbocycles. The van der Waals surface area contributed by atoms with E-state index in [4.69, 9.17) is 0 Å². The lowest BCUT2D eigenvalue weighted by Crippen LogP contribution is -2.51. The van der Waals surface area contributed by atoms with Crippen molar-refractivity contribution in [1.82, 2.24) is 15.1 Å². The summed E-state index contributed by atoms with van der Waals surface area (Å²) in [6.07, 6.45) is 5.92. The largest absolute Gasteiger partial charge is 0.350 e. The zero-order chi connectivity index (χ0) is 18.6. The Bertz CT molecular complexity index is 586. The van der Waals surface area contributed by atoms with Crippen LogP contribution in [0.2, 0.25) is 0 Å². The summed E-state index contributed by atoms with van der Waals surface area (Å²) in [5.74, 6) is 0.177. The number of nitrogens with one attached hydrogen (secondary N) is 1. The van der Waals surface area contributed by atoms with Crippen LogP contribution in [0.15, 0.2) is 30.3 Å². The average molecular weight is 358 g/mol. The van der Waals surface area contributed by atoms with E-state index in [0.29, 0.717) is 18.6 Å². The number of benzene rings is 1. The zero-order valence-corrected chi connectivity index (χ0v) is 16.7. The predicted molar refractivity (Wildman–Crippen MR) is 107 cm³/mol. The summed E-state index contributed by atoms with van der Waals surface area (Å²) in [7, 11) is 0. The Balaban J connectivity index is 1.60. The van der Waals surface area contributed by atoms with Crippen molar-refractivity contribution in [2.75, 3.05) is 19.6 Å². The highest BCUT2D eigenvalue weighted by Gasteiger charge is 2.38. The molecule has 3 rings (SSSR count). The van der Waals surface area contributed by atoms with Gasteiger partial charge in [-0.25, -0.2) is 0 Å². The number of likely N-dealkylation sites (tertiary alicyclic amines) is 2. The number of carbonyl (C=O) groups is 1. The van der Waals surface area contributed by atoms with Gasteiger partial charge in [0.05, 0.1) is 6.54 Å². The van der Waals surface area contributed by atoms with Gasteiger partial charge in [0.25, 0.3) is 0 Å². The van der Waals surface area contributed by atoms with Gasteiger partial charge < -0.3 is 5.32 Å². The summed E-state index contributed by atoms with van der Waals surface area (Å²) in [4.78, 5) is 17.6. The molecule has 2 atom stereocenters. The summed E-state index contributed by atoms with van der Waals surface area (Å²) in [5, 5.41) is 3.20. The van der Waals surface area contributed by atoms with Gasteiger partial charge in [-0.2, -0.15) is 0 Å². The predicted octanol–water partition coefficient (Wildman–Crippen LogP) is 3.42. The maximum absolute atomic E-state index is 12.5. The van der Waals surface area contributed by atoms with Gasteiger partial charge in [0.15, 0.2) is 0 Å².